The van der Waals surface area contributed by atoms with Crippen LogP contribution in [0.4, 0.5) is 0 Å². The first-order chi connectivity index (χ1) is 14.4. The summed E-state index contributed by atoms with van der Waals surface area (Å²) in [5.74, 6) is 0. The Morgan fingerprint density at radius 2 is 0.500 bits per heavy atom. The van der Waals surface area contributed by atoms with Crippen LogP contribution in [-0.4, -0.2) is 13.2 Å². The average molecular weight is 462 g/mol. The van der Waals surface area contributed by atoms with Crippen LogP contribution < -0.4 is 0 Å². The number of ether oxygens (including phenoxy) is 1. The SMILES string of the molecule is CCCCCCCCCCCCCCOCCCCCCCCCCCCCC.[V]. The molecular formula is C28H58OV. The van der Waals surface area contributed by atoms with E-state index in [4.69, 9.17) is 4.74 Å². The fourth-order valence-electron chi connectivity index (χ4n) is 4.19. The number of hydrogen-bond acceptors (Lipinski definition) is 1. The van der Waals surface area contributed by atoms with Crippen molar-refractivity contribution in [3.63, 3.8) is 0 Å². The fourth-order valence-corrected chi connectivity index (χ4v) is 4.19. The third kappa shape index (κ3) is 30.7. The van der Waals surface area contributed by atoms with Gasteiger partial charge in [-0.05, 0) is 12.8 Å². The molecule has 2 heteroatoms. The zero-order valence-corrected chi connectivity index (χ0v) is 22.6. The van der Waals surface area contributed by atoms with Crippen molar-refractivity contribution >= 4 is 0 Å². The van der Waals surface area contributed by atoms with Gasteiger partial charge in [-0.25, -0.2) is 0 Å². The molecule has 1 nitrogen and oxygen atoms in total. The van der Waals surface area contributed by atoms with Gasteiger partial charge in [-0.2, -0.15) is 0 Å². The van der Waals surface area contributed by atoms with Crippen molar-refractivity contribution < 1.29 is 23.3 Å². The summed E-state index contributed by atoms with van der Waals surface area (Å²) >= 11 is 0. The van der Waals surface area contributed by atoms with Gasteiger partial charge in [-0.1, -0.05) is 155 Å². The Balaban J connectivity index is 0. The summed E-state index contributed by atoms with van der Waals surface area (Å²) < 4.78 is 5.82. The van der Waals surface area contributed by atoms with Crippen LogP contribution in [0.2, 0.25) is 0 Å². The number of hydrogen-bond donors (Lipinski definition) is 0. The Bertz CT molecular complexity index is 243. The van der Waals surface area contributed by atoms with Gasteiger partial charge in [0.05, 0.1) is 0 Å². The first kappa shape index (κ1) is 32.7. The van der Waals surface area contributed by atoms with Gasteiger partial charge in [-0.3, -0.25) is 0 Å². The predicted octanol–water partition coefficient (Wildman–Crippen LogP) is 10.4. The minimum Gasteiger partial charge on any atom is -0.381 e. The minimum absolute atomic E-state index is 0. The van der Waals surface area contributed by atoms with Crippen molar-refractivity contribution in [2.45, 2.75) is 168 Å². The Morgan fingerprint density at radius 1 is 0.300 bits per heavy atom. The Kier molecular flexibility index (Phi) is 34.6. The summed E-state index contributed by atoms with van der Waals surface area (Å²) in [5.41, 5.74) is 0. The van der Waals surface area contributed by atoms with Gasteiger partial charge in [0.15, 0.2) is 0 Å². The average Bonchev–Trinajstić information content (AvgIpc) is 2.74. The van der Waals surface area contributed by atoms with Crippen molar-refractivity contribution in [1.29, 1.82) is 0 Å². The van der Waals surface area contributed by atoms with Gasteiger partial charge in [0, 0.05) is 31.8 Å². The second-order valence-corrected chi connectivity index (χ2v) is 9.39. The van der Waals surface area contributed by atoms with E-state index in [0.29, 0.717) is 0 Å². The molecule has 0 unspecified atom stereocenters. The summed E-state index contributed by atoms with van der Waals surface area (Å²) in [5, 5.41) is 0. The maximum Gasteiger partial charge on any atom is 0.0466 e. The molecule has 0 rings (SSSR count). The summed E-state index contributed by atoms with van der Waals surface area (Å²) in [6.45, 7) is 6.58. The molecule has 30 heavy (non-hydrogen) atoms. The normalized spacial score (nSPS) is 11.0. The molecule has 0 spiro atoms. The van der Waals surface area contributed by atoms with Crippen LogP contribution >= 0.6 is 0 Å². The van der Waals surface area contributed by atoms with Gasteiger partial charge in [0.1, 0.15) is 0 Å². The largest absolute Gasteiger partial charge is 0.381 e. The molecule has 0 aliphatic rings. The molecule has 0 aromatic rings. The van der Waals surface area contributed by atoms with Crippen molar-refractivity contribution in [1.82, 2.24) is 0 Å². The van der Waals surface area contributed by atoms with E-state index in [1.807, 2.05) is 0 Å². The smallest absolute Gasteiger partial charge is 0.0466 e. The number of unbranched alkanes of at least 4 members (excludes halogenated alkanes) is 22. The molecule has 0 aliphatic heterocycles. The topological polar surface area (TPSA) is 9.23 Å². The van der Waals surface area contributed by atoms with E-state index in [1.165, 1.54) is 154 Å². The van der Waals surface area contributed by atoms with Gasteiger partial charge >= 0.3 is 0 Å². The first-order valence-electron chi connectivity index (χ1n) is 14.0. The molecular weight excluding hydrogens is 403 g/mol. The molecule has 1 radical (unpaired) electrons. The zero-order chi connectivity index (χ0) is 21.1. The van der Waals surface area contributed by atoms with Crippen LogP contribution in [0.25, 0.3) is 0 Å². The molecule has 181 valence electrons. The van der Waals surface area contributed by atoms with E-state index in [1.54, 1.807) is 0 Å². The Morgan fingerprint density at radius 3 is 0.733 bits per heavy atom. The predicted molar refractivity (Wildman–Crippen MR) is 133 cm³/mol. The van der Waals surface area contributed by atoms with Gasteiger partial charge in [-0.15, -0.1) is 0 Å². The van der Waals surface area contributed by atoms with E-state index >= 15 is 0 Å². The van der Waals surface area contributed by atoms with Crippen molar-refractivity contribution in [3.8, 4) is 0 Å². The van der Waals surface area contributed by atoms with Gasteiger partial charge in [0.25, 0.3) is 0 Å². The zero-order valence-electron chi connectivity index (χ0n) is 21.2. The molecule has 0 fully saturated rings. The molecule has 0 aromatic heterocycles. The van der Waals surface area contributed by atoms with Crippen LogP contribution in [0.1, 0.15) is 168 Å². The van der Waals surface area contributed by atoms with Crippen LogP contribution in [0.3, 0.4) is 0 Å². The van der Waals surface area contributed by atoms with Crippen molar-refractivity contribution in [2.75, 3.05) is 13.2 Å². The Labute approximate surface area is 204 Å². The first-order valence-corrected chi connectivity index (χ1v) is 14.0. The minimum atomic E-state index is 0. The number of rotatable bonds is 26. The fraction of sp³-hybridized carbons (Fsp3) is 1.00. The molecule has 0 atom stereocenters. The van der Waals surface area contributed by atoms with Crippen LogP contribution in [0, 0.1) is 0 Å². The molecule has 0 aromatic carbocycles. The van der Waals surface area contributed by atoms with Crippen molar-refractivity contribution in [2.24, 2.45) is 0 Å². The molecule has 0 saturated carbocycles. The Hall–Kier alpha value is 0.544. The molecule has 0 aliphatic carbocycles. The third-order valence-electron chi connectivity index (χ3n) is 6.28. The molecule has 0 N–H and O–H groups in total. The summed E-state index contributed by atoms with van der Waals surface area (Å²) in [6.07, 6.45) is 34.1. The molecule has 0 amide bonds. The van der Waals surface area contributed by atoms with Crippen LogP contribution in [0.5, 0.6) is 0 Å². The van der Waals surface area contributed by atoms with E-state index in [-0.39, 0.29) is 18.6 Å². The van der Waals surface area contributed by atoms with E-state index in [0.717, 1.165) is 13.2 Å². The molecule has 0 saturated heterocycles. The van der Waals surface area contributed by atoms with E-state index < -0.39 is 0 Å². The summed E-state index contributed by atoms with van der Waals surface area (Å²) in [6, 6.07) is 0. The van der Waals surface area contributed by atoms with Gasteiger partial charge < -0.3 is 4.74 Å². The maximum atomic E-state index is 5.82. The van der Waals surface area contributed by atoms with Gasteiger partial charge in [0.2, 0.25) is 0 Å². The monoisotopic (exact) mass is 461 g/mol. The third-order valence-corrected chi connectivity index (χ3v) is 6.28. The maximum absolute atomic E-state index is 5.82. The van der Waals surface area contributed by atoms with E-state index in [2.05, 4.69) is 13.8 Å². The van der Waals surface area contributed by atoms with Crippen molar-refractivity contribution in [3.05, 3.63) is 0 Å². The second-order valence-electron chi connectivity index (χ2n) is 9.39. The molecule has 0 bridgehead atoms. The quantitative estimate of drug-likeness (QED) is 0.116. The summed E-state index contributed by atoms with van der Waals surface area (Å²) in [7, 11) is 0. The standard InChI is InChI=1S/C28H58O.V/c1-3-5-7-9-11-13-15-17-19-21-23-25-27-29-28-26-24-22-20-18-16-14-12-10-8-6-4-2;/h3-28H2,1-2H3;. The van der Waals surface area contributed by atoms with E-state index in [9.17, 15) is 0 Å². The summed E-state index contributed by atoms with van der Waals surface area (Å²) in [4.78, 5) is 0. The van der Waals surface area contributed by atoms with Crippen LogP contribution in [0.15, 0.2) is 0 Å². The molecule has 0 heterocycles. The van der Waals surface area contributed by atoms with Crippen LogP contribution in [-0.2, 0) is 23.3 Å². The second kappa shape index (κ2) is 31.7.